The molecule has 2 rings (SSSR count). The van der Waals surface area contributed by atoms with E-state index in [-0.39, 0.29) is 23.6 Å². The summed E-state index contributed by atoms with van der Waals surface area (Å²) in [6.45, 7) is 9.66. The molecule has 1 N–H and O–H groups in total. The highest BCUT2D eigenvalue weighted by atomic mass is 16.6. The molecule has 2 aliphatic rings. The van der Waals surface area contributed by atoms with E-state index < -0.39 is 5.60 Å². The predicted molar refractivity (Wildman–Crippen MR) is 102 cm³/mol. The molecule has 0 aromatic heterocycles. The van der Waals surface area contributed by atoms with Crippen LogP contribution in [0.5, 0.6) is 0 Å². The van der Waals surface area contributed by atoms with Gasteiger partial charge in [0.15, 0.2) is 0 Å². The fourth-order valence-electron chi connectivity index (χ4n) is 3.08. The monoisotopic (exact) mass is 377 g/mol. The number of nitrogens with zero attached hydrogens (tertiary/aromatic N) is 4. The molecule has 0 aromatic rings. The largest absolute Gasteiger partial charge is 0.444 e. The second kappa shape index (κ2) is 9.09. The van der Waals surface area contributed by atoms with Crippen molar-refractivity contribution < 1.29 is 14.3 Å². The van der Waals surface area contributed by atoms with Gasteiger partial charge in [0.05, 0.1) is 0 Å². The van der Waals surface area contributed by atoms with Gasteiger partial charge in [-0.3, -0.25) is 4.79 Å². The lowest BCUT2D eigenvalue weighted by Gasteiger charge is -2.34. The molecule has 8 nitrogen and oxygen atoms in total. The SMILES string of the molecule is CN1CCN(C(=O)/C(C#N)=C\NC2CCN(C(=O)OC(C)(C)C)CC2)CC1. The Morgan fingerprint density at radius 2 is 1.67 bits per heavy atom. The van der Waals surface area contributed by atoms with Crippen LogP contribution in [0.2, 0.25) is 0 Å². The molecule has 0 aromatic carbocycles. The standard InChI is InChI=1S/C19H31N5O3/c1-19(2,3)27-18(26)24-7-5-16(6-8-24)21-14-15(13-20)17(25)23-11-9-22(4)10-12-23/h14,16,21H,5-12H2,1-4H3/b15-14-. The summed E-state index contributed by atoms with van der Waals surface area (Å²) in [5.74, 6) is -0.218. The molecule has 0 saturated carbocycles. The van der Waals surface area contributed by atoms with Gasteiger partial charge in [0.2, 0.25) is 0 Å². The first-order chi connectivity index (χ1) is 12.7. The lowest BCUT2D eigenvalue weighted by Crippen LogP contribution is -2.48. The number of hydrogen-bond donors (Lipinski definition) is 1. The van der Waals surface area contributed by atoms with Crippen LogP contribution < -0.4 is 5.32 Å². The Morgan fingerprint density at radius 3 is 2.19 bits per heavy atom. The molecule has 0 radical (unpaired) electrons. The van der Waals surface area contributed by atoms with Crippen LogP contribution >= 0.6 is 0 Å². The van der Waals surface area contributed by atoms with E-state index >= 15 is 0 Å². The third-order valence-electron chi connectivity index (χ3n) is 4.75. The van der Waals surface area contributed by atoms with Crippen LogP contribution in [0.25, 0.3) is 0 Å². The number of nitrogens with one attached hydrogen (secondary N) is 1. The first-order valence-electron chi connectivity index (χ1n) is 9.51. The van der Waals surface area contributed by atoms with E-state index in [1.54, 1.807) is 9.80 Å². The molecule has 2 fully saturated rings. The molecule has 2 heterocycles. The highest BCUT2D eigenvalue weighted by Gasteiger charge is 2.27. The molecule has 2 amide bonds. The highest BCUT2D eigenvalue weighted by Crippen LogP contribution is 2.16. The fraction of sp³-hybridized carbons (Fsp3) is 0.737. The van der Waals surface area contributed by atoms with E-state index in [0.29, 0.717) is 26.2 Å². The third-order valence-corrected chi connectivity index (χ3v) is 4.75. The van der Waals surface area contributed by atoms with Gasteiger partial charge in [-0.2, -0.15) is 5.26 Å². The zero-order valence-corrected chi connectivity index (χ0v) is 16.8. The number of piperidine rings is 1. The van der Waals surface area contributed by atoms with Gasteiger partial charge < -0.3 is 24.8 Å². The fourth-order valence-corrected chi connectivity index (χ4v) is 3.08. The summed E-state index contributed by atoms with van der Waals surface area (Å²) in [6.07, 6.45) is 2.74. The van der Waals surface area contributed by atoms with Gasteiger partial charge in [-0.25, -0.2) is 4.79 Å². The van der Waals surface area contributed by atoms with Crippen LogP contribution in [0.1, 0.15) is 33.6 Å². The number of amides is 2. The van der Waals surface area contributed by atoms with E-state index in [2.05, 4.69) is 10.2 Å². The summed E-state index contributed by atoms with van der Waals surface area (Å²) in [6, 6.07) is 2.14. The van der Waals surface area contributed by atoms with Gasteiger partial charge in [0.25, 0.3) is 5.91 Å². The molecular formula is C19H31N5O3. The summed E-state index contributed by atoms with van der Waals surface area (Å²) in [5.41, 5.74) is -0.366. The number of hydrogen-bond acceptors (Lipinski definition) is 6. The first kappa shape index (κ1) is 21.0. The molecule has 8 heteroatoms. The minimum Gasteiger partial charge on any atom is -0.444 e. The molecule has 2 saturated heterocycles. The average molecular weight is 377 g/mol. The van der Waals surface area contributed by atoms with Crippen molar-refractivity contribution in [2.24, 2.45) is 0 Å². The second-order valence-corrected chi connectivity index (χ2v) is 8.17. The Labute approximate surface area is 161 Å². The molecule has 27 heavy (non-hydrogen) atoms. The summed E-state index contributed by atoms with van der Waals surface area (Å²) < 4.78 is 5.39. The first-order valence-corrected chi connectivity index (χ1v) is 9.51. The normalized spacial score (nSPS) is 20.2. The van der Waals surface area contributed by atoms with E-state index in [4.69, 9.17) is 4.74 Å². The number of likely N-dealkylation sites (tertiary alicyclic amines) is 1. The van der Waals surface area contributed by atoms with Crippen molar-refractivity contribution >= 4 is 12.0 Å². The van der Waals surface area contributed by atoms with E-state index in [1.165, 1.54) is 6.20 Å². The predicted octanol–water partition coefficient (Wildman–Crippen LogP) is 1.16. The van der Waals surface area contributed by atoms with Gasteiger partial charge in [-0.1, -0.05) is 0 Å². The molecule has 0 aliphatic carbocycles. The maximum Gasteiger partial charge on any atom is 0.410 e. The zero-order valence-electron chi connectivity index (χ0n) is 16.8. The summed E-state index contributed by atoms with van der Waals surface area (Å²) in [7, 11) is 2.02. The average Bonchev–Trinajstić information content (AvgIpc) is 2.61. The van der Waals surface area contributed by atoms with Gasteiger partial charge in [-0.15, -0.1) is 0 Å². The van der Waals surface area contributed by atoms with E-state index in [0.717, 1.165) is 25.9 Å². The Bertz CT molecular complexity index is 604. The van der Waals surface area contributed by atoms with Crippen molar-refractivity contribution in [2.45, 2.75) is 45.3 Å². The van der Waals surface area contributed by atoms with Crippen molar-refractivity contribution in [1.82, 2.24) is 20.0 Å². The molecule has 0 atom stereocenters. The molecular weight excluding hydrogens is 346 g/mol. The van der Waals surface area contributed by atoms with Crippen molar-refractivity contribution in [2.75, 3.05) is 46.3 Å². The van der Waals surface area contributed by atoms with Gasteiger partial charge >= 0.3 is 6.09 Å². The highest BCUT2D eigenvalue weighted by molar-refractivity contribution is 5.97. The lowest BCUT2D eigenvalue weighted by molar-refractivity contribution is -0.128. The van der Waals surface area contributed by atoms with Crippen LogP contribution in [0.15, 0.2) is 11.8 Å². The molecule has 0 bridgehead atoms. The topological polar surface area (TPSA) is 88.9 Å². The molecule has 0 unspecified atom stereocenters. The van der Waals surface area contributed by atoms with Crippen molar-refractivity contribution in [3.8, 4) is 6.07 Å². The minimum atomic E-state index is -0.500. The Kier molecular flexibility index (Phi) is 7.08. The number of nitriles is 1. The van der Waals surface area contributed by atoms with Crippen LogP contribution in [0, 0.1) is 11.3 Å². The van der Waals surface area contributed by atoms with Gasteiger partial charge in [0.1, 0.15) is 17.2 Å². The molecule has 2 aliphatic heterocycles. The summed E-state index contributed by atoms with van der Waals surface area (Å²) in [4.78, 5) is 30.2. The maximum atomic E-state index is 12.5. The number of piperazine rings is 1. The van der Waals surface area contributed by atoms with E-state index in [9.17, 15) is 14.9 Å². The van der Waals surface area contributed by atoms with Gasteiger partial charge in [0, 0.05) is 51.5 Å². The molecule has 150 valence electrons. The minimum absolute atomic E-state index is 0.132. The number of likely N-dealkylation sites (N-methyl/N-ethyl adjacent to an activating group) is 1. The molecule has 0 spiro atoms. The van der Waals surface area contributed by atoms with Crippen molar-refractivity contribution in [3.05, 3.63) is 11.8 Å². The Hall–Kier alpha value is -2.27. The van der Waals surface area contributed by atoms with Crippen LogP contribution in [0.3, 0.4) is 0 Å². The summed E-state index contributed by atoms with van der Waals surface area (Å²) >= 11 is 0. The number of rotatable bonds is 3. The number of carbonyl (C=O) groups is 2. The van der Waals surface area contributed by atoms with Crippen LogP contribution in [-0.4, -0.2) is 84.7 Å². The zero-order chi connectivity index (χ0) is 20.0. The quantitative estimate of drug-likeness (QED) is 0.586. The summed E-state index contributed by atoms with van der Waals surface area (Å²) in [5, 5.41) is 12.5. The van der Waals surface area contributed by atoms with Crippen molar-refractivity contribution in [1.29, 1.82) is 5.26 Å². The third kappa shape index (κ3) is 6.43. The van der Waals surface area contributed by atoms with Crippen LogP contribution in [0.4, 0.5) is 4.79 Å². The maximum absolute atomic E-state index is 12.5. The Morgan fingerprint density at radius 1 is 1.07 bits per heavy atom. The van der Waals surface area contributed by atoms with Gasteiger partial charge in [-0.05, 0) is 40.7 Å². The lowest BCUT2D eigenvalue weighted by atomic mass is 10.1. The number of carbonyl (C=O) groups excluding carboxylic acids is 2. The smallest absolute Gasteiger partial charge is 0.410 e. The number of ether oxygens (including phenoxy) is 1. The van der Waals surface area contributed by atoms with Crippen molar-refractivity contribution in [3.63, 3.8) is 0 Å². The second-order valence-electron chi connectivity index (χ2n) is 8.17. The Balaban J connectivity index is 1.82. The van der Waals surface area contributed by atoms with E-state index in [1.807, 2.05) is 33.9 Å². The van der Waals surface area contributed by atoms with Crippen LogP contribution in [-0.2, 0) is 9.53 Å².